The first kappa shape index (κ1) is 14.3. The van der Waals surface area contributed by atoms with Gasteiger partial charge < -0.3 is 9.84 Å². The van der Waals surface area contributed by atoms with Gasteiger partial charge in [-0.1, -0.05) is 0 Å². The topological polar surface area (TPSA) is 82.2 Å². The van der Waals surface area contributed by atoms with Crippen LogP contribution in [0.15, 0.2) is 36.8 Å². The van der Waals surface area contributed by atoms with Crippen LogP contribution in [0.4, 0.5) is 0 Å². The van der Waals surface area contributed by atoms with Gasteiger partial charge in [-0.25, -0.2) is 4.68 Å². The zero-order valence-electron chi connectivity index (χ0n) is 12.3. The van der Waals surface area contributed by atoms with Gasteiger partial charge in [0.05, 0.1) is 30.6 Å². The molecule has 7 nitrogen and oxygen atoms in total. The van der Waals surface area contributed by atoms with Crippen LogP contribution >= 0.6 is 0 Å². The SMILES string of the molecule is COC(=O)Cn1ncc2cc(-n3cccn3)c([C@@H](C)O)cc21. The molecule has 0 unspecified atom stereocenters. The summed E-state index contributed by atoms with van der Waals surface area (Å²) in [5.41, 5.74) is 2.25. The molecule has 1 atom stereocenters. The Labute approximate surface area is 126 Å². The van der Waals surface area contributed by atoms with Crippen LogP contribution in [0.3, 0.4) is 0 Å². The maximum Gasteiger partial charge on any atom is 0.327 e. The van der Waals surface area contributed by atoms with E-state index in [9.17, 15) is 9.90 Å². The number of aliphatic hydroxyl groups is 1. The van der Waals surface area contributed by atoms with E-state index < -0.39 is 6.10 Å². The van der Waals surface area contributed by atoms with Crippen molar-refractivity contribution in [2.75, 3.05) is 7.11 Å². The Morgan fingerprint density at radius 3 is 2.86 bits per heavy atom. The second kappa shape index (κ2) is 5.61. The molecular formula is C15H16N4O3. The van der Waals surface area contributed by atoms with E-state index in [1.807, 2.05) is 24.4 Å². The molecule has 3 aromatic rings. The van der Waals surface area contributed by atoms with Gasteiger partial charge in [-0.15, -0.1) is 0 Å². The number of nitrogens with zero attached hydrogens (tertiary/aromatic N) is 4. The van der Waals surface area contributed by atoms with E-state index in [0.717, 1.165) is 16.6 Å². The minimum atomic E-state index is -0.676. The van der Waals surface area contributed by atoms with Crippen LogP contribution in [0.25, 0.3) is 16.6 Å². The summed E-state index contributed by atoms with van der Waals surface area (Å²) in [5.74, 6) is -0.375. The molecule has 0 saturated carbocycles. The molecule has 0 saturated heterocycles. The van der Waals surface area contributed by atoms with Crippen molar-refractivity contribution in [2.45, 2.75) is 19.6 Å². The van der Waals surface area contributed by atoms with Crippen molar-refractivity contribution in [3.63, 3.8) is 0 Å². The van der Waals surface area contributed by atoms with E-state index in [1.165, 1.54) is 7.11 Å². The second-order valence-corrected chi connectivity index (χ2v) is 4.97. The van der Waals surface area contributed by atoms with E-state index in [2.05, 4.69) is 14.9 Å². The van der Waals surface area contributed by atoms with Gasteiger partial charge in [-0.2, -0.15) is 10.2 Å². The number of esters is 1. The number of ether oxygens (including phenoxy) is 1. The number of aromatic nitrogens is 4. The summed E-state index contributed by atoms with van der Waals surface area (Å²) in [5, 5.41) is 19.3. The lowest BCUT2D eigenvalue weighted by molar-refractivity contribution is -0.141. The zero-order chi connectivity index (χ0) is 15.7. The molecule has 0 aliphatic carbocycles. The molecule has 1 N–H and O–H groups in total. The number of benzene rings is 1. The molecule has 114 valence electrons. The molecule has 0 spiro atoms. The van der Waals surface area contributed by atoms with Crippen molar-refractivity contribution in [3.8, 4) is 5.69 Å². The van der Waals surface area contributed by atoms with Crippen LogP contribution in [0.1, 0.15) is 18.6 Å². The van der Waals surface area contributed by atoms with Gasteiger partial charge in [-0.05, 0) is 25.1 Å². The molecular weight excluding hydrogens is 284 g/mol. The van der Waals surface area contributed by atoms with Crippen molar-refractivity contribution in [1.82, 2.24) is 19.6 Å². The molecule has 0 bridgehead atoms. The van der Waals surface area contributed by atoms with Crippen LogP contribution < -0.4 is 0 Å². The summed E-state index contributed by atoms with van der Waals surface area (Å²) in [6, 6.07) is 5.54. The van der Waals surface area contributed by atoms with Crippen molar-refractivity contribution < 1.29 is 14.6 Å². The number of methoxy groups -OCH3 is 1. The van der Waals surface area contributed by atoms with Gasteiger partial charge in [0, 0.05) is 23.3 Å². The average molecular weight is 300 g/mol. The van der Waals surface area contributed by atoms with Gasteiger partial charge in [0.25, 0.3) is 0 Å². The van der Waals surface area contributed by atoms with Crippen LogP contribution in [0.5, 0.6) is 0 Å². The third kappa shape index (κ3) is 2.46. The molecule has 2 aromatic heterocycles. The number of carbonyl (C=O) groups excluding carboxylic acids is 1. The first-order valence-electron chi connectivity index (χ1n) is 6.84. The maximum absolute atomic E-state index is 11.4. The standard InChI is InChI=1S/C15H16N4O3/c1-10(20)12-7-13-11(6-14(12)18-5-3-4-16-18)8-17-19(13)9-15(21)22-2/h3-8,10,20H,9H2,1-2H3/t10-/m1/s1. The Kier molecular flexibility index (Phi) is 3.64. The van der Waals surface area contributed by atoms with Crippen molar-refractivity contribution in [1.29, 1.82) is 0 Å². The Bertz CT molecular complexity index is 806. The lowest BCUT2D eigenvalue weighted by Crippen LogP contribution is -2.12. The molecule has 7 heteroatoms. The van der Waals surface area contributed by atoms with Gasteiger partial charge in [0.2, 0.25) is 0 Å². The van der Waals surface area contributed by atoms with Crippen molar-refractivity contribution >= 4 is 16.9 Å². The molecule has 3 rings (SSSR count). The third-order valence-electron chi connectivity index (χ3n) is 3.50. The van der Waals surface area contributed by atoms with Crippen LogP contribution in [0, 0.1) is 0 Å². The maximum atomic E-state index is 11.4. The van der Waals surface area contributed by atoms with E-state index in [1.54, 1.807) is 28.7 Å². The molecule has 22 heavy (non-hydrogen) atoms. The largest absolute Gasteiger partial charge is 0.468 e. The Morgan fingerprint density at radius 2 is 2.23 bits per heavy atom. The highest BCUT2D eigenvalue weighted by Gasteiger charge is 2.15. The smallest absolute Gasteiger partial charge is 0.327 e. The lowest BCUT2D eigenvalue weighted by atomic mass is 10.1. The molecule has 0 aliphatic heterocycles. The monoisotopic (exact) mass is 300 g/mol. The van der Waals surface area contributed by atoms with Crippen LogP contribution in [-0.2, 0) is 16.1 Å². The number of rotatable bonds is 4. The highest BCUT2D eigenvalue weighted by molar-refractivity contribution is 5.84. The van der Waals surface area contributed by atoms with Crippen molar-refractivity contribution in [3.05, 3.63) is 42.4 Å². The quantitative estimate of drug-likeness (QED) is 0.737. The molecule has 0 amide bonds. The first-order chi connectivity index (χ1) is 10.6. The van der Waals surface area contributed by atoms with E-state index in [0.29, 0.717) is 5.56 Å². The number of hydrogen-bond donors (Lipinski definition) is 1. The predicted octanol–water partition coefficient (Wildman–Crippen LogP) is 1.45. The average Bonchev–Trinajstić information content (AvgIpc) is 3.15. The summed E-state index contributed by atoms with van der Waals surface area (Å²) < 4.78 is 7.92. The van der Waals surface area contributed by atoms with E-state index >= 15 is 0 Å². The number of carbonyl (C=O) groups is 1. The lowest BCUT2D eigenvalue weighted by Gasteiger charge is -2.13. The Hall–Kier alpha value is -2.67. The second-order valence-electron chi connectivity index (χ2n) is 4.97. The van der Waals surface area contributed by atoms with Crippen LogP contribution in [-0.4, -0.2) is 37.7 Å². The normalized spacial score (nSPS) is 12.5. The first-order valence-corrected chi connectivity index (χ1v) is 6.84. The summed E-state index contributed by atoms with van der Waals surface area (Å²) >= 11 is 0. The highest BCUT2D eigenvalue weighted by Crippen LogP contribution is 2.27. The fourth-order valence-electron chi connectivity index (χ4n) is 2.39. The summed E-state index contributed by atoms with van der Waals surface area (Å²) in [6.07, 6.45) is 4.49. The van der Waals surface area contributed by atoms with Crippen LogP contribution in [0.2, 0.25) is 0 Å². The minimum absolute atomic E-state index is 0.0281. The number of aliphatic hydroxyl groups excluding tert-OH is 1. The molecule has 1 aromatic carbocycles. The summed E-state index contributed by atoms with van der Waals surface area (Å²) in [6.45, 7) is 1.72. The van der Waals surface area contributed by atoms with Gasteiger partial charge >= 0.3 is 5.97 Å². The fourth-order valence-corrected chi connectivity index (χ4v) is 2.39. The van der Waals surface area contributed by atoms with Gasteiger partial charge in [-0.3, -0.25) is 9.48 Å². The summed E-state index contributed by atoms with van der Waals surface area (Å²) in [4.78, 5) is 11.4. The summed E-state index contributed by atoms with van der Waals surface area (Å²) in [7, 11) is 1.34. The van der Waals surface area contributed by atoms with E-state index in [-0.39, 0.29) is 12.5 Å². The third-order valence-corrected chi connectivity index (χ3v) is 3.50. The molecule has 0 radical (unpaired) electrons. The van der Waals surface area contributed by atoms with Crippen molar-refractivity contribution in [2.24, 2.45) is 0 Å². The highest BCUT2D eigenvalue weighted by atomic mass is 16.5. The van der Waals surface area contributed by atoms with Gasteiger partial charge in [0.1, 0.15) is 6.54 Å². The zero-order valence-corrected chi connectivity index (χ0v) is 12.3. The van der Waals surface area contributed by atoms with Gasteiger partial charge in [0.15, 0.2) is 0 Å². The molecule has 0 fully saturated rings. The fraction of sp³-hybridized carbons (Fsp3) is 0.267. The molecule has 2 heterocycles. The Morgan fingerprint density at radius 1 is 1.41 bits per heavy atom. The predicted molar refractivity (Wildman–Crippen MR) is 79.5 cm³/mol. The minimum Gasteiger partial charge on any atom is -0.468 e. The number of fused-ring (bicyclic) bond motifs is 1. The number of hydrogen-bond acceptors (Lipinski definition) is 5. The van der Waals surface area contributed by atoms with E-state index in [4.69, 9.17) is 0 Å². The molecule has 0 aliphatic rings. The Balaban J connectivity index is 2.15.